The van der Waals surface area contributed by atoms with Gasteiger partial charge in [-0.15, -0.1) is 0 Å². The van der Waals surface area contributed by atoms with Crippen molar-refractivity contribution in [3.63, 3.8) is 0 Å². The molecule has 2 aromatic carbocycles. The third kappa shape index (κ3) is 6.06. The van der Waals surface area contributed by atoms with Crippen LogP contribution in [0.5, 0.6) is 0 Å². The van der Waals surface area contributed by atoms with Gasteiger partial charge < -0.3 is 19.6 Å². The van der Waals surface area contributed by atoms with Crippen LogP contribution in [0.3, 0.4) is 0 Å². The van der Waals surface area contributed by atoms with Crippen molar-refractivity contribution in [2.45, 2.75) is 88.8 Å². The van der Waals surface area contributed by atoms with Crippen molar-refractivity contribution in [3.05, 3.63) is 80.3 Å². The molecule has 0 radical (unpaired) electrons. The molecular formula is C37H36ClF5N6O3S. The Hall–Kier alpha value is -4.16. The Labute approximate surface area is 312 Å². The normalized spacial score (nSPS) is 26.4. The highest BCUT2D eigenvalue weighted by atomic mass is 35.5. The fourth-order valence-corrected chi connectivity index (χ4v) is 9.87. The average molecular weight is 775 g/mol. The number of rotatable bonds is 5. The number of hydrogen-bond donors (Lipinski definition) is 0. The van der Waals surface area contributed by atoms with Crippen LogP contribution in [0.4, 0.5) is 22.0 Å². The second-order valence-electron chi connectivity index (χ2n) is 14.9. The van der Waals surface area contributed by atoms with E-state index in [4.69, 9.17) is 16.6 Å². The van der Waals surface area contributed by atoms with Crippen LogP contribution < -0.4 is 0 Å². The Bertz CT molecular complexity index is 2030. The van der Waals surface area contributed by atoms with E-state index in [1.54, 1.807) is 17.9 Å². The number of thioether (sulfide) groups is 1. The SMILES string of the molecule is CC(C)C1=C(C(=O)N2[C@H](C)CC[C@H]2C(=O)N2CCN(C(=O)C(F)(F)F)C3(CC3)C2)SC2=N[C@@](C)(c3ccc(C#N)cc3F)[C@@H](c3ccc(Cl)c(F)c3)N21. The first-order valence-electron chi connectivity index (χ1n) is 17.4. The van der Waals surface area contributed by atoms with E-state index in [2.05, 4.69) is 0 Å². The summed E-state index contributed by atoms with van der Waals surface area (Å²) in [5.41, 5.74) is -1.15. The Morgan fingerprint density at radius 2 is 1.77 bits per heavy atom. The lowest BCUT2D eigenvalue weighted by molar-refractivity contribution is -0.191. The number of alkyl halides is 3. The van der Waals surface area contributed by atoms with Gasteiger partial charge in [0.2, 0.25) is 5.91 Å². The Balaban J connectivity index is 1.23. The minimum atomic E-state index is -5.01. The van der Waals surface area contributed by atoms with Crippen LogP contribution in [0.15, 0.2) is 52.0 Å². The maximum Gasteiger partial charge on any atom is 0.471 e. The summed E-state index contributed by atoms with van der Waals surface area (Å²) < 4.78 is 70.9. The van der Waals surface area contributed by atoms with Gasteiger partial charge in [0, 0.05) is 36.9 Å². The molecular weight excluding hydrogens is 739 g/mol. The van der Waals surface area contributed by atoms with E-state index in [-0.39, 0.29) is 53.7 Å². The molecule has 1 saturated carbocycles. The molecule has 0 aromatic heterocycles. The van der Waals surface area contributed by atoms with Gasteiger partial charge >= 0.3 is 12.1 Å². The molecule has 5 aliphatic rings. The quantitative estimate of drug-likeness (QED) is 0.308. The fourth-order valence-electron chi connectivity index (χ4n) is 8.40. The number of likely N-dealkylation sites (tertiary alicyclic amines) is 1. The molecule has 16 heteroatoms. The number of carbonyl (C=O) groups excluding carboxylic acids is 3. The summed E-state index contributed by atoms with van der Waals surface area (Å²) in [6, 6.07) is 8.24. The van der Waals surface area contributed by atoms with Crippen molar-refractivity contribution in [2.75, 3.05) is 19.6 Å². The number of amides is 3. The molecule has 3 fully saturated rings. The first kappa shape index (κ1) is 37.2. The summed E-state index contributed by atoms with van der Waals surface area (Å²) in [7, 11) is 0. The predicted octanol–water partition coefficient (Wildman–Crippen LogP) is 6.88. The summed E-state index contributed by atoms with van der Waals surface area (Å²) in [5.74, 6) is -4.36. The van der Waals surface area contributed by atoms with Gasteiger partial charge in [-0.05, 0) is 87.0 Å². The van der Waals surface area contributed by atoms with Gasteiger partial charge in [0.15, 0.2) is 5.17 Å². The monoisotopic (exact) mass is 774 g/mol. The molecule has 2 saturated heterocycles. The summed E-state index contributed by atoms with van der Waals surface area (Å²) in [5, 5.41) is 9.64. The maximum atomic E-state index is 15.8. The Morgan fingerprint density at radius 3 is 2.38 bits per heavy atom. The molecule has 280 valence electrons. The van der Waals surface area contributed by atoms with E-state index < -0.39 is 52.8 Å². The predicted molar refractivity (Wildman–Crippen MR) is 187 cm³/mol. The molecule has 4 atom stereocenters. The van der Waals surface area contributed by atoms with Crippen molar-refractivity contribution in [2.24, 2.45) is 10.9 Å². The van der Waals surface area contributed by atoms with Crippen molar-refractivity contribution in [1.82, 2.24) is 19.6 Å². The number of piperazine rings is 1. The van der Waals surface area contributed by atoms with Crippen LogP contribution in [-0.2, 0) is 19.9 Å². The van der Waals surface area contributed by atoms with Crippen molar-refractivity contribution in [3.8, 4) is 6.07 Å². The van der Waals surface area contributed by atoms with Crippen LogP contribution in [-0.4, -0.2) is 85.9 Å². The van der Waals surface area contributed by atoms with Gasteiger partial charge in [-0.3, -0.25) is 14.4 Å². The molecule has 4 aliphatic heterocycles. The highest BCUT2D eigenvalue weighted by Gasteiger charge is 2.60. The zero-order chi connectivity index (χ0) is 38.4. The first-order chi connectivity index (χ1) is 24.9. The molecule has 7 rings (SSSR count). The number of aliphatic imine (C=N–C) groups is 1. The van der Waals surface area contributed by atoms with Gasteiger partial charge in [-0.1, -0.05) is 37.6 Å². The van der Waals surface area contributed by atoms with Crippen LogP contribution >= 0.6 is 23.4 Å². The summed E-state index contributed by atoms with van der Waals surface area (Å²) in [6.07, 6.45) is -3.44. The topological polar surface area (TPSA) is 100 Å². The van der Waals surface area contributed by atoms with E-state index in [1.165, 1.54) is 29.2 Å². The number of halogens is 6. The zero-order valence-electron chi connectivity index (χ0n) is 29.3. The van der Waals surface area contributed by atoms with Gasteiger partial charge in [0.05, 0.1) is 28.2 Å². The van der Waals surface area contributed by atoms with E-state index >= 15 is 8.78 Å². The number of fused-ring (bicyclic) bond motifs is 1. The molecule has 9 nitrogen and oxygen atoms in total. The lowest BCUT2D eigenvalue weighted by Gasteiger charge is -2.43. The van der Waals surface area contributed by atoms with Crippen LogP contribution in [0.1, 0.15) is 76.1 Å². The molecule has 0 bridgehead atoms. The standard InChI is InChI=1S/C37H36ClF5N6O3S/c1-19(2)28-29(32(51)48-20(3)5-10-27(48)31(50)46-13-14-47(33(52)37(41,42)43)36(18-46)11-12-36)53-34-45-35(4,23-8-6-21(17-44)15-25(23)39)30(49(28)34)22-7-9-24(38)26(40)16-22/h6-9,15-16,19-20,27,30H,5,10-14,18H2,1-4H3/t20-,27+,30-,35+/m1/s1. The fraction of sp³-hybridized carbons (Fsp3) is 0.486. The number of nitriles is 1. The first-order valence-corrected chi connectivity index (χ1v) is 18.6. The Morgan fingerprint density at radius 1 is 1.06 bits per heavy atom. The largest absolute Gasteiger partial charge is 0.471 e. The maximum absolute atomic E-state index is 15.8. The number of hydrogen-bond acceptors (Lipinski definition) is 7. The number of allylic oxidation sites excluding steroid dienone is 1. The summed E-state index contributed by atoms with van der Waals surface area (Å²) in [6.45, 7) is 6.95. The van der Waals surface area contributed by atoms with Gasteiger partial charge in [-0.2, -0.15) is 18.4 Å². The second-order valence-corrected chi connectivity index (χ2v) is 16.2. The highest BCUT2D eigenvalue weighted by molar-refractivity contribution is 8.18. The average Bonchev–Trinajstić information content (AvgIpc) is 3.44. The molecule has 3 amide bonds. The lowest BCUT2D eigenvalue weighted by Crippen LogP contribution is -2.62. The third-order valence-corrected chi connectivity index (χ3v) is 12.5. The number of nitrogens with zero attached hydrogens (tertiary/aromatic N) is 6. The van der Waals surface area contributed by atoms with E-state index in [0.717, 1.165) is 22.7 Å². The van der Waals surface area contributed by atoms with Gasteiger partial charge in [0.25, 0.3) is 5.91 Å². The lowest BCUT2D eigenvalue weighted by atomic mass is 9.80. The van der Waals surface area contributed by atoms with Crippen LogP contribution in [0.2, 0.25) is 5.02 Å². The summed E-state index contributed by atoms with van der Waals surface area (Å²) in [4.78, 5) is 52.1. The van der Waals surface area contributed by atoms with Crippen molar-refractivity contribution < 1.29 is 36.3 Å². The molecule has 0 unspecified atom stereocenters. The minimum absolute atomic E-state index is 0.0380. The second kappa shape index (κ2) is 13.0. The number of carbonyl (C=O) groups is 3. The minimum Gasteiger partial charge on any atom is -0.337 e. The summed E-state index contributed by atoms with van der Waals surface area (Å²) >= 11 is 7.15. The molecule has 1 spiro atoms. The molecule has 0 N–H and O–H groups in total. The third-order valence-electron chi connectivity index (χ3n) is 11.1. The van der Waals surface area contributed by atoms with Gasteiger partial charge in [-0.25, -0.2) is 13.8 Å². The highest BCUT2D eigenvalue weighted by Crippen LogP contribution is 2.57. The van der Waals surface area contributed by atoms with Crippen molar-refractivity contribution in [1.29, 1.82) is 5.26 Å². The molecule has 53 heavy (non-hydrogen) atoms. The van der Waals surface area contributed by atoms with E-state index in [0.29, 0.717) is 47.0 Å². The number of benzene rings is 2. The smallest absolute Gasteiger partial charge is 0.337 e. The van der Waals surface area contributed by atoms with Crippen molar-refractivity contribution >= 4 is 46.3 Å². The van der Waals surface area contributed by atoms with E-state index in [9.17, 15) is 32.8 Å². The molecule has 4 heterocycles. The van der Waals surface area contributed by atoms with Crippen LogP contribution in [0, 0.1) is 28.9 Å². The zero-order valence-corrected chi connectivity index (χ0v) is 30.9. The molecule has 2 aromatic rings. The van der Waals surface area contributed by atoms with Crippen LogP contribution in [0.25, 0.3) is 0 Å². The van der Waals surface area contributed by atoms with Gasteiger partial charge in [0.1, 0.15) is 28.1 Å². The Kier molecular flexibility index (Phi) is 9.12. The van der Waals surface area contributed by atoms with E-state index in [1.807, 2.05) is 31.7 Å². The number of amidine groups is 1. The molecule has 1 aliphatic carbocycles.